The molecule has 1 unspecified atom stereocenters. The molecule has 2 rings (SSSR count). The van der Waals surface area contributed by atoms with Crippen LogP contribution in [0.15, 0.2) is 0 Å². The number of nitrogens with one attached hydrogen (secondary N) is 1. The fourth-order valence-electron chi connectivity index (χ4n) is 3.42. The third-order valence-corrected chi connectivity index (χ3v) is 4.78. The van der Waals surface area contributed by atoms with Gasteiger partial charge in [-0.1, -0.05) is 6.42 Å². The number of rotatable bonds is 3. The molecule has 2 fully saturated rings. The van der Waals surface area contributed by atoms with Crippen molar-refractivity contribution in [1.82, 2.24) is 15.1 Å². The molecule has 1 N–H and O–H groups in total. The van der Waals surface area contributed by atoms with Crippen LogP contribution >= 0.6 is 0 Å². The average molecular weight is 267 g/mol. The first-order chi connectivity index (χ1) is 8.93. The molecule has 4 heteroatoms. The Balaban J connectivity index is 2.04. The van der Waals surface area contributed by atoms with Crippen molar-refractivity contribution in [2.75, 3.05) is 26.2 Å². The van der Waals surface area contributed by atoms with E-state index < -0.39 is 0 Å². The Hall–Kier alpha value is -0.610. The summed E-state index contributed by atoms with van der Waals surface area (Å²) in [5.74, 6) is 0.172. The summed E-state index contributed by atoms with van der Waals surface area (Å²) >= 11 is 0. The van der Waals surface area contributed by atoms with Gasteiger partial charge in [-0.15, -0.1) is 0 Å². The monoisotopic (exact) mass is 267 g/mol. The summed E-state index contributed by atoms with van der Waals surface area (Å²) in [6.45, 7) is 12.7. The summed E-state index contributed by atoms with van der Waals surface area (Å²) in [4.78, 5) is 17.0. The van der Waals surface area contributed by atoms with Crippen LogP contribution in [0.2, 0.25) is 0 Å². The highest BCUT2D eigenvalue weighted by Crippen LogP contribution is 2.24. The summed E-state index contributed by atoms with van der Waals surface area (Å²) in [6.07, 6.45) is 3.92. The first-order valence-electron chi connectivity index (χ1n) is 7.72. The van der Waals surface area contributed by atoms with Gasteiger partial charge in [-0.05, 0) is 47.1 Å². The fourth-order valence-corrected chi connectivity index (χ4v) is 3.42. The molecule has 110 valence electrons. The van der Waals surface area contributed by atoms with Crippen molar-refractivity contribution in [1.29, 1.82) is 0 Å². The predicted octanol–water partition coefficient (Wildman–Crippen LogP) is 1.46. The lowest BCUT2D eigenvalue weighted by Crippen LogP contribution is -2.64. The molecule has 0 aromatic carbocycles. The number of piperazine rings is 1. The fraction of sp³-hybridized carbons (Fsp3) is 0.933. The Morgan fingerprint density at radius 2 is 2.05 bits per heavy atom. The van der Waals surface area contributed by atoms with Gasteiger partial charge in [0.25, 0.3) is 0 Å². The van der Waals surface area contributed by atoms with Crippen molar-refractivity contribution in [3.63, 3.8) is 0 Å². The van der Waals surface area contributed by atoms with Crippen molar-refractivity contribution >= 4 is 5.91 Å². The molecule has 0 aromatic rings. The number of amides is 1. The molecule has 0 radical (unpaired) electrons. The molecule has 2 aliphatic heterocycles. The maximum absolute atomic E-state index is 12.0. The lowest BCUT2D eigenvalue weighted by atomic mass is 9.94. The van der Waals surface area contributed by atoms with E-state index in [0.717, 1.165) is 19.6 Å². The topological polar surface area (TPSA) is 35.6 Å². The Morgan fingerprint density at radius 3 is 2.74 bits per heavy atom. The molecule has 2 aliphatic rings. The number of likely N-dealkylation sites (tertiary alicyclic amines) is 1. The SMILES string of the molecule is CC(C)N1CCCCC1CN1CCNC(=O)C1(C)C. The van der Waals surface area contributed by atoms with Crippen molar-refractivity contribution in [3.8, 4) is 0 Å². The Kier molecular flexibility index (Phi) is 4.51. The van der Waals surface area contributed by atoms with Crippen LogP contribution in [0, 0.1) is 0 Å². The van der Waals surface area contributed by atoms with Crippen molar-refractivity contribution in [2.45, 2.75) is 64.6 Å². The first-order valence-corrected chi connectivity index (χ1v) is 7.72. The molecule has 0 aromatic heterocycles. The number of hydrogen-bond donors (Lipinski definition) is 1. The second kappa shape index (κ2) is 5.80. The number of hydrogen-bond acceptors (Lipinski definition) is 3. The zero-order chi connectivity index (χ0) is 14.0. The van der Waals surface area contributed by atoms with Gasteiger partial charge in [0.2, 0.25) is 5.91 Å². The average Bonchev–Trinajstić information content (AvgIpc) is 2.36. The normalized spacial score (nSPS) is 29.5. The molecule has 1 amide bonds. The summed E-state index contributed by atoms with van der Waals surface area (Å²) < 4.78 is 0. The zero-order valence-corrected chi connectivity index (χ0v) is 12.9. The Labute approximate surface area is 117 Å². The third kappa shape index (κ3) is 3.11. The number of carbonyl (C=O) groups excluding carboxylic acids is 1. The summed E-state index contributed by atoms with van der Waals surface area (Å²) in [7, 11) is 0. The van der Waals surface area contributed by atoms with Gasteiger partial charge >= 0.3 is 0 Å². The lowest BCUT2D eigenvalue weighted by molar-refractivity contribution is -0.135. The van der Waals surface area contributed by atoms with E-state index in [0.29, 0.717) is 12.1 Å². The highest BCUT2D eigenvalue weighted by atomic mass is 16.2. The van der Waals surface area contributed by atoms with Crippen molar-refractivity contribution in [2.24, 2.45) is 0 Å². The molecule has 0 aliphatic carbocycles. The van der Waals surface area contributed by atoms with Crippen molar-refractivity contribution in [3.05, 3.63) is 0 Å². The highest BCUT2D eigenvalue weighted by Gasteiger charge is 2.39. The minimum absolute atomic E-state index is 0.172. The standard InChI is InChI=1S/C15H29N3O/c1-12(2)18-9-6-5-7-13(18)11-17-10-8-16-14(19)15(17,3)4/h12-13H,5-11H2,1-4H3,(H,16,19). The van der Waals surface area contributed by atoms with E-state index in [9.17, 15) is 4.79 Å². The third-order valence-electron chi connectivity index (χ3n) is 4.78. The Bertz CT molecular complexity index is 327. The van der Waals surface area contributed by atoms with Gasteiger partial charge < -0.3 is 5.32 Å². The van der Waals surface area contributed by atoms with Crippen molar-refractivity contribution < 1.29 is 4.79 Å². The quantitative estimate of drug-likeness (QED) is 0.841. The van der Waals surface area contributed by atoms with E-state index in [-0.39, 0.29) is 11.4 Å². The van der Waals surface area contributed by atoms with E-state index in [4.69, 9.17) is 0 Å². The smallest absolute Gasteiger partial charge is 0.240 e. The number of nitrogens with zero attached hydrogens (tertiary/aromatic N) is 2. The van der Waals surface area contributed by atoms with Gasteiger partial charge in [-0.3, -0.25) is 14.6 Å². The van der Waals surface area contributed by atoms with Crippen LogP contribution in [-0.2, 0) is 4.79 Å². The van der Waals surface area contributed by atoms with Crippen LogP contribution in [-0.4, -0.2) is 59.5 Å². The van der Waals surface area contributed by atoms with Gasteiger partial charge in [0, 0.05) is 31.7 Å². The minimum Gasteiger partial charge on any atom is -0.353 e. The largest absolute Gasteiger partial charge is 0.353 e. The van der Waals surface area contributed by atoms with Gasteiger partial charge in [0.15, 0.2) is 0 Å². The molecule has 0 spiro atoms. The van der Waals surface area contributed by atoms with Crippen LogP contribution in [0.1, 0.15) is 47.0 Å². The van der Waals surface area contributed by atoms with E-state index in [1.54, 1.807) is 0 Å². The first kappa shape index (κ1) is 14.8. The second-order valence-electron chi connectivity index (χ2n) is 6.74. The lowest BCUT2D eigenvalue weighted by Gasteiger charge is -2.46. The molecule has 19 heavy (non-hydrogen) atoms. The van der Waals surface area contributed by atoms with E-state index in [1.165, 1.54) is 25.8 Å². The van der Waals surface area contributed by atoms with Crippen LogP contribution in [0.25, 0.3) is 0 Å². The molecule has 0 saturated carbocycles. The van der Waals surface area contributed by atoms with Gasteiger partial charge in [0.1, 0.15) is 0 Å². The summed E-state index contributed by atoms with van der Waals surface area (Å²) in [6, 6.07) is 1.21. The van der Waals surface area contributed by atoms with Gasteiger partial charge in [0.05, 0.1) is 5.54 Å². The molecule has 1 atom stereocenters. The highest BCUT2D eigenvalue weighted by molar-refractivity contribution is 5.86. The Morgan fingerprint density at radius 1 is 1.32 bits per heavy atom. The van der Waals surface area contributed by atoms with Crippen LogP contribution in [0.5, 0.6) is 0 Å². The van der Waals surface area contributed by atoms with E-state index >= 15 is 0 Å². The minimum atomic E-state index is -0.363. The molecule has 4 nitrogen and oxygen atoms in total. The number of piperidine rings is 1. The van der Waals surface area contributed by atoms with Crippen LogP contribution in [0.4, 0.5) is 0 Å². The maximum atomic E-state index is 12.0. The van der Waals surface area contributed by atoms with Crippen LogP contribution < -0.4 is 5.32 Å². The van der Waals surface area contributed by atoms with Crippen LogP contribution in [0.3, 0.4) is 0 Å². The summed E-state index contributed by atoms with van der Waals surface area (Å²) in [5, 5.41) is 2.98. The second-order valence-corrected chi connectivity index (χ2v) is 6.74. The van der Waals surface area contributed by atoms with E-state index in [1.807, 2.05) is 13.8 Å². The molecule has 2 saturated heterocycles. The predicted molar refractivity (Wildman–Crippen MR) is 78.1 cm³/mol. The molecule has 0 bridgehead atoms. The van der Waals surface area contributed by atoms with Gasteiger partial charge in [-0.2, -0.15) is 0 Å². The number of carbonyl (C=O) groups is 1. The molecule has 2 heterocycles. The maximum Gasteiger partial charge on any atom is 0.240 e. The molecular formula is C15H29N3O. The van der Waals surface area contributed by atoms with E-state index in [2.05, 4.69) is 29.0 Å². The molecular weight excluding hydrogens is 238 g/mol. The zero-order valence-electron chi connectivity index (χ0n) is 12.9. The summed E-state index contributed by atoms with van der Waals surface area (Å²) in [5.41, 5.74) is -0.363. The van der Waals surface area contributed by atoms with Gasteiger partial charge in [-0.25, -0.2) is 0 Å².